The Morgan fingerprint density at radius 3 is 2.56 bits per heavy atom. The minimum Gasteiger partial charge on any atom is -0.326 e. The predicted molar refractivity (Wildman–Crippen MR) is 106 cm³/mol. The van der Waals surface area contributed by atoms with E-state index in [1.807, 2.05) is 42.2 Å². The number of carbonyl (C=O) groups is 1. The van der Waals surface area contributed by atoms with Crippen molar-refractivity contribution in [1.82, 2.24) is 0 Å². The molecule has 0 unspecified atom stereocenters. The molecule has 1 saturated carbocycles. The highest BCUT2D eigenvalue weighted by Gasteiger charge is 2.32. The van der Waals surface area contributed by atoms with E-state index in [0.29, 0.717) is 23.6 Å². The number of nitrogens with one attached hydrogen (secondary N) is 1. The topological polar surface area (TPSA) is 78.8 Å². The molecule has 1 aliphatic heterocycles. The number of amides is 1. The SMILES string of the molecule is CCC1=NS(=O)(=O)c2cc(NC(=O)C3CCC3)ccc2N1c1ccccc1. The van der Waals surface area contributed by atoms with Crippen LogP contribution in [0, 0.1) is 5.92 Å². The van der Waals surface area contributed by atoms with E-state index in [0.717, 1.165) is 24.9 Å². The molecule has 2 aromatic carbocycles. The van der Waals surface area contributed by atoms with Gasteiger partial charge in [0.1, 0.15) is 10.7 Å². The lowest BCUT2D eigenvalue weighted by molar-refractivity contribution is -0.122. The Labute approximate surface area is 159 Å². The molecule has 6 nitrogen and oxygen atoms in total. The summed E-state index contributed by atoms with van der Waals surface area (Å²) in [6.07, 6.45) is 3.33. The Hall–Kier alpha value is -2.67. The van der Waals surface area contributed by atoms with E-state index >= 15 is 0 Å². The smallest absolute Gasteiger partial charge is 0.286 e. The number of hydrogen-bond acceptors (Lipinski definition) is 4. The van der Waals surface area contributed by atoms with Gasteiger partial charge in [0.2, 0.25) is 5.91 Å². The van der Waals surface area contributed by atoms with Crippen LogP contribution in [0.4, 0.5) is 17.1 Å². The number of hydrogen-bond donors (Lipinski definition) is 1. The molecule has 1 amide bonds. The molecule has 2 aromatic rings. The van der Waals surface area contributed by atoms with Crippen LogP contribution in [0.1, 0.15) is 32.6 Å². The molecule has 27 heavy (non-hydrogen) atoms. The number of amidine groups is 1. The van der Waals surface area contributed by atoms with Crippen molar-refractivity contribution >= 4 is 38.8 Å². The molecule has 7 heteroatoms. The molecule has 1 aliphatic carbocycles. The lowest BCUT2D eigenvalue weighted by atomic mass is 9.85. The number of para-hydroxylation sites is 1. The highest BCUT2D eigenvalue weighted by atomic mass is 32.2. The molecule has 0 spiro atoms. The molecule has 140 valence electrons. The Kier molecular flexibility index (Phi) is 4.47. The fourth-order valence-corrected chi connectivity index (χ4v) is 4.64. The summed E-state index contributed by atoms with van der Waals surface area (Å²) in [5.41, 5.74) is 1.88. The maximum atomic E-state index is 12.7. The van der Waals surface area contributed by atoms with E-state index in [2.05, 4.69) is 9.71 Å². The summed E-state index contributed by atoms with van der Waals surface area (Å²) in [5, 5.41) is 2.84. The van der Waals surface area contributed by atoms with Gasteiger partial charge in [0.15, 0.2) is 0 Å². The van der Waals surface area contributed by atoms with Gasteiger partial charge in [0.05, 0.1) is 5.69 Å². The summed E-state index contributed by atoms with van der Waals surface area (Å²) >= 11 is 0. The molecule has 2 aliphatic rings. The summed E-state index contributed by atoms with van der Waals surface area (Å²) in [6, 6.07) is 14.5. The van der Waals surface area contributed by atoms with E-state index in [9.17, 15) is 13.2 Å². The second kappa shape index (κ2) is 6.81. The number of rotatable bonds is 4. The van der Waals surface area contributed by atoms with Gasteiger partial charge in [-0.25, -0.2) is 0 Å². The first-order chi connectivity index (χ1) is 13.0. The van der Waals surface area contributed by atoms with E-state index in [-0.39, 0.29) is 16.7 Å². The van der Waals surface area contributed by atoms with Crippen LogP contribution in [-0.4, -0.2) is 20.2 Å². The Balaban J connectivity index is 1.76. The second-order valence-corrected chi connectivity index (χ2v) is 8.38. The monoisotopic (exact) mass is 383 g/mol. The van der Waals surface area contributed by atoms with Crippen molar-refractivity contribution in [1.29, 1.82) is 0 Å². The van der Waals surface area contributed by atoms with Gasteiger partial charge in [-0.1, -0.05) is 31.5 Å². The number of fused-ring (bicyclic) bond motifs is 1. The molecule has 0 atom stereocenters. The van der Waals surface area contributed by atoms with Crippen LogP contribution in [0.2, 0.25) is 0 Å². The standard InChI is InChI=1S/C20H21N3O3S/c1-2-19-22-27(25,26)18-13-15(21-20(24)14-7-6-8-14)11-12-17(18)23(19)16-9-4-3-5-10-16/h3-5,9-14H,2,6-8H2,1H3,(H,21,24). The van der Waals surface area contributed by atoms with Gasteiger partial charge in [-0.2, -0.15) is 8.42 Å². The summed E-state index contributed by atoms with van der Waals surface area (Å²) in [6.45, 7) is 1.88. The van der Waals surface area contributed by atoms with Gasteiger partial charge < -0.3 is 5.32 Å². The third-order valence-electron chi connectivity index (χ3n) is 5.04. The number of sulfonamides is 1. The van der Waals surface area contributed by atoms with E-state index in [4.69, 9.17) is 0 Å². The molecule has 0 aromatic heterocycles. The maximum absolute atomic E-state index is 12.7. The van der Waals surface area contributed by atoms with E-state index < -0.39 is 10.0 Å². The predicted octanol–water partition coefficient (Wildman–Crippen LogP) is 4.07. The highest BCUT2D eigenvalue weighted by molar-refractivity contribution is 7.90. The van der Waals surface area contributed by atoms with Crippen LogP contribution >= 0.6 is 0 Å². The molecule has 4 rings (SSSR count). The molecule has 1 N–H and O–H groups in total. The number of anilines is 3. The van der Waals surface area contributed by atoms with Crippen molar-refractivity contribution in [3.8, 4) is 0 Å². The molecule has 1 fully saturated rings. The average molecular weight is 383 g/mol. The van der Waals surface area contributed by atoms with Crippen LogP contribution in [0.5, 0.6) is 0 Å². The summed E-state index contributed by atoms with van der Waals surface area (Å²) < 4.78 is 29.5. The molecule has 1 heterocycles. The zero-order valence-electron chi connectivity index (χ0n) is 15.1. The first-order valence-corrected chi connectivity index (χ1v) is 10.6. The second-order valence-electron chi connectivity index (χ2n) is 6.81. The normalized spacial score (nSPS) is 18.3. The van der Waals surface area contributed by atoms with Crippen molar-refractivity contribution in [2.24, 2.45) is 10.3 Å². The minimum absolute atomic E-state index is 0.0307. The fraction of sp³-hybridized carbons (Fsp3) is 0.300. The Bertz CT molecular complexity index is 1010. The van der Waals surface area contributed by atoms with Crippen LogP contribution in [0.15, 0.2) is 57.8 Å². The Morgan fingerprint density at radius 1 is 1.19 bits per heavy atom. The molecule has 0 bridgehead atoms. The number of carbonyl (C=O) groups excluding carboxylic acids is 1. The average Bonchev–Trinajstić information content (AvgIpc) is 2.61. The van der Waals surface area contributed by atoms with E-state index in [1.165, 1.54) is 6.07 Å². The fourth-order valence-electron chi connectivity index (χ4n) is 3.35. The quantitative estimate of drug-likeness (QED) is 0.863. The van der Waals surface area contributed by atoms with Crippen molar-refractivity contribution in [3.63, 3.8) is 0 Å². The van der Waals surface area contributed by atoms with Gasteiger partial charge in [-0.3, -0.25) is 9.69 Å². The van der Waals surface area contributed by atoms with Crippen LogP contribution in [0.25, 0.3) is 0 Å². The zero-order valence-corrected chi connectivity index (χ0v) is 15.9. The van der Waals surface area contributed by atoms with Gasteiger partial charge in [0.25, 0.3) is 10.0 Å². The van der Waals surface area contributed by atoms with Gasteiger partial charge >= 0.3 is 0 Å². The zero-order chi connectivity index (χ0) is 19.0. The van der Waals surface area contributed by atoms with Gasteiger partial charge in [-0.05, 0) is 43.2 Å². The summed E-state index contributed by atoms with van der Waals surface area (Å²) in [4.78, 5) is 14.2. The van der Waals surface area contributed by atoms with Crippen LogP contribution in [-0.2, 0) is 14.8 Å². The Morgan fingerprint density at radius 2 is 1.93 bits per heavy atom. The van der Waals surface area contributed by atoms with Gasteiger partial charge in [-0.15, -0.1) is 4.40 Å². The maximum Gasteiger partial charge on any atom is 0.286 e. The van der Waals surface area contributed by atoms with Crippen LogP contribution < -0.4 is 10.2 Å². The van der Waals surface area contributed by atoms with Crippen molar-refractivity contribution in [2.45, 2.75) is 37.5 Å². The third-order valence-corrected chi connectivity index (χ3v) is 6.37. The van der Waals surface area contributed by atoms with Crippen molar-refractivity contribution in [2.75, 3.05) is 10.2 Å². The van der Waals surface area contributed by atoms with E-state index in [1.54, 1.807) is 12.1 Å². The molecular formula is C20H21N3O3S. The molecule has 0 radical (unpaired) electrons. The minimum atomic E-state index is -3.82. The lowest BCUT2D eigenvalue weighted by Gasteiger charge is -2.31. The van der Waals surface area contributed by atoms with Crippen molar-refractivity contribution < 1.29 is 13.2 Å². The largest absolute Gasteiger partial charge is 0.326 e. The summed E-state index contributed by atoms with van der Waals surface area (Å²) in [7, 11) is -3.82. The van der Waals surface area contributed by atoms with Gasteiger partial charge in [0, 0.05) is 23.7 Å². The molecule has 0 saturated heterocycles. The lowest BCUT2D eigenvalue weighted by Crippen LogP contribution is -2.31. The number of benzene rings is 2. The number of nitrogens with zero attached hydrogens (tertiary/aromatic N) is 2. The first-order valence-electron chi connectivity index (χ1n) is 9.13. The van der Waals surface area contributed by atoms with Crippen LogP contribution in [0.3, 0.4) is 0 Å². The van der Waals surface area contributed by atoms with Crippen molar-refractivity contribution in [3.05, 3.63) is 48.5 Å². The first kappa shape index (κ1) is 17.7. The summed E-state index contributed by atoms with van der Waals surface area (Å²) in [5.74, 6) is 0.454. The third kappa shape index (κ3) is 3.23. The molecular weight excluding hydrogens is 362 g/mol. The highest BCUT2D eigenvalue weighted by Crippen LogP contribution is 2.39.